The largest absolute Gasteiger partial charge is 0.472 e. The van der Waals surface area contributed by atoms with E-state index in [-0.39, 0.29) is 19.3 Å². The van der Waals surface area contributed by atoms with Crippen molar-refractivity contribution in [2.24, 2.45) is 0 Å². The Balaban J connectivity index is 4.60. The van der Waals surface area contributed by atoms with Crippen molar-refractivity contribution in [3.8, 4) is 0 Å². The van der Waals surface area contributed by atoms with E-state index in [0.717, 1.165) is 173 Å². The third kappa shape index (κ3) is 69.1. The fourth-order valence-corrected chi connectivity index (χ4v) is 10.7. The predicted octanol–water partition coefficient (Wildman–Crippen LogP) is 20.2. The Morgan fingerprint density at radius 1 is 0.312 bits per heavy atom. The normalized spacial score (nSPS) is 14.9. The first-order valence-corrected chi connectivity index (χ1v) is 38.8. The Kier molecular flexibility index (Phi) is 65.0. The number of aliphatic hydroxyl groups excluding tert-OH is 2. The fraction of sp³-hybridized carbons (Fsp3) is 0.693. The average Bonchev–Trinajstić information content (AvgIpc) is 3.74. The third-order valence-electron chi connectivity index (χ3n) is 14.6. The molecule has 0 aromatic heterocycles. The van der Waals surface area contributed by atoms with Gasteiger partial charge < -0.3 is 34.2 Å². The van der Waals surface area contributed by atoms with Crippen molar-refractivity contribution < 1.29 is 75.8 Å². The van der Waals surface area contributed by atoms with E-state index in [1.165, 1.54) is 44.9 Å². The van der Waals surface area contributed by atoms with Crippen LogP contribution in [0.3, 0.4) is 0 Å². The number of allylic oxidation sites excluding steroid dienone is 20. The van der Waals surface area contributed by atoms with Crippen LogP contribution < -0.4 is 0 Å². The molecule has 16 nitrogen and oxygen atoms in total. The van der Waals surface area contributed by atoms with Gasteiger partial charge in [-0.2, -0.15) is 0 Å². The molecule has 93 heavy (non-hydrogen) atoms. The van der Waals surface area contributed by atoms with E-state index in [4.69, 9.17) is 32.3 Å². The molecule has 0 heterocycles. The van der Waals surface area contributed by atoms with Gasteiger partial charge in [0, 0.05) is 19.3 Å². The van der Waals surface area contributed by atoms with Crippen molar-refractivity contribution >= 4 is 33.6 Å². The SMILES string of the molecule is CC/C=C\C/C=C\C/C=C\C/C=C\C/C=C\C/C=C\CCCCCCCCC(=O)OCC(O)COP(=O)(O)OCC(O)COP(=O)(O)OCC(COC(=O)CCCCCCCC/C=C\C/C=C\C/C=C\CCCCC)OC(=O)CCCCCCC/C=C\CCCCCC. The van der Waals surface area contributed by atoms with Crippen molar-refractivity contribution in [2.75, 3.05) is 39.6 Å². The van der Waals surface area contributed by atoms with Crippen molar-refractivity contribution in [2.45, 2.75) is 296 Å². The maximum absolute atomic E-state index is 12.9. The molecule has 18 heteroatoms. The number of phosphoric acid groups is 2. The highest BCUT2D eigenvalue weighted by Gasteiger charge is 2.29. The molecule has 0 amide bonds. The number of hydrogen-bond donors (Lipinski definition) is 4. The Morgan fingerprint density at radius 3 is 0.935 bits per heavy atom. The predicted molar refractivity (Wildman–Crippen MR) is 380 cm³/mol. The summed E-state index contributed by atoms with van der Waals surface area (Å²) < 4.78 is 60.9. The lowest BCUT2D eigenvalue weighted by Gasteiger charge is -2.21. The summed E-state index contributed by atoms with van der Waals surface area (Å²) in [6.07, 6.45) is 78.1. The lowest BCUT2D eigenvalue weighted by Crippen LogP contribution is -2.30. The molecule has 0 aliphatic heterocycles. The Hall–Kier alpha value is -4.05. The molecule has 0 bridgehead atoms. The van der Waals surface area contributed by atoms with Gasteiger partial charge in [-0.1, -0.05) is 245 Å². The molecule has 0 aliphatic rings. The van der Waals surface area contributed by atoms with Crippen LogP contribution in [0.4, 0.5) is 0 Å². The van der Waals surface area contributed by atoms with E-state index in [9.17, 15) is 43.5 Å². The number of hydrogen-bond acceptors (Lipinski definition) is 14. The molecule has 0 radical (unpaired) electrons. The zero-order valence-electron chi connectivity index (χ0n) is 57.9. The van der Waals surface area contributed by atoms with Crippen LogP contribution >= 0.6 is 15.6 Å². The highest BCUT2D eigenvalue weighted by Crippen LogP contribution is 2.45. The van der Waals surface area contributed by atoms with Crippen LogP contribution in [0.15, 0.2) is 122 Å². The number of carbonyl (C=O) groups excluding carboxylic acids is 3. The summed E-state index contributed by atoms with van der Waals surface area (Å²) in [7, 11) is -9.79. The first-order chi connectivity index (χ1) is 45.2. The Bertz CT molecular complexity index is 2180. The quantitative estimate of drug-likeness (QED) is 0.0146. The molecule has 0 fully saturated rings. The number of ether oxygens (including phenoxy) is 3. The van der Waals surface area contributed by atoms with Gasteiger partial charge in [-0.05, 0) is 135 Å². The molecule has 4 N–H and O–H groups in total. The number of phosphoric ester groups is 2. The van der Waals surface area contributed by atoms with E-state index < -0.39 is 91.5 Å². The number of aliphatic hydroxyl groups is 2. The molecule has 0 saturated carbocycles. The molecular weight excluding hydrogens is 1220 g/mol. The minimum Gasteiger partial charge on any atom is -0.463 e. The van der Waals surface area contributed by atoms with Gasteiger partial charge in [-0.25, -0.2) is 9.13 Å². The van der Waals surface area contributed by atoms with Crippen LogP contribution in [0.1, 0.15) is 278 Å². The lowest BCUT2D eigenvalue weighted by molar-refractivity contribution is -0.161. The fourth-order valence-electron chi connectivity index (χ4n) is 9.16. The van der Waals surface area contributed by atoms with E-state index in [2.05, 4.69) is 142 Å². The summed E-state index contributed by atoms with van der Waals surface area (Å²) in [5, 5.41) is 20.6. The maximum Gasteiger partial charge on any atom is 0.472 e. The summed E-state index contributed by atoms with van der Waals surface area (Å²) in [6.45, 7) is 2.47. The highest BCUT2D eigenvalue weighted by atomic mass is 31.2. The first-order valence-electron chi connectivity index (χ1n) is 35.8. The smallest absolute Gasteiger partial charge is 0.463 e. The maximum atomic E-state index is 12.9. The van der Waals surface area contributed by atoms with Crippen LogP contribution in [0.2, 0.25) is 0 Å². The van der Waals surface area contributed by atoms with Gasteiger partial charge in [0.1, 0.15) is 25.4 Å². The number of unbranched alkanes of at least 4 members (excludes halogenated alkanes) is 24. The van der Waals surface area contributed by atoms with Gasteiger partial charge in [-0.15, -0.1) is 0 Å². The number of rotatable bonds is 67. The molecule has 5 unspecified atom stereocenters. The second-order valence-corrected chi connectivity index (χ2v) is 26.6. The monoisotopic (exact) mass is 1350 g/mol. The topological polar surface area (TPSA) is 231 Å². The van der Waals surface area contributed by atoms with Crippen LogP contribution in [0.25, 0.3) is 0 Å². The van der Waals surface area contributed by atoms with Gasteiger partial charge in [0.05, 0.1) is 26.4 Å². The van der Waals surface area contributed by atoms with Crippen LogP contribution in [0.5, 0.6) is 0 Å². The molecule has 534 valence electrons. The van der Waals surface area contributed by atoms with Gasteiger partial charge in [0.15, 0.2) is 6.10 Å². The second kappa shape index (κ2) is 67.9. The minimum absolute atomic E-state index is 0.0895. The highest BCUT2D eigenvalue weighted by molar-refractivity contribution is 7.47. The van der Waals surface area contributed by atoms with Gasteiger partial charge in [0.2, 0.25) is 0 Å². The third-order valence-corrected chi connectivity index (χ3v) is 16.5. The van der Waals surface area contributed by atoms with E-state index in [0.29, 0.717) is 19.3 Å². The molecule has 0 spiro atoms. The Morgan fingerprint density at radius 2 is 0.570 bits per heavy atom. The lowest BCUT2D eigenvalue weighted by atomic mass is 10.1. The Labute approximate surface area is 563 Å². The van der Waals surface area contributed by atoms with Crippen LogP contribution in [0, 0.1) is 0 Å². The second-order valence-electron chi connectivity index (χ2n) is 23.6. The zero-order valence-corrected chi connectivity index (χ0v) is 59.7. The molecular formula is C75H128O16P2. The summed E-state index contributed by atoms with van der Waals surface area (Å²) in [6, 6.07) is 0. The van der Waals surface area contributed by atoms with Gasteiger partial charge in [0.25, 0.3) is 0 Å². The molecule has 0 aromatic rings. The van der Waals surface area contributed by atoms with Crippen molar-refractivity contribution in [1.29, 1.82) is 0 Å². The van der Waals surface area contributed by atoms with Gasteiger partial charge >= 0.3 is 33.6 Å². The van der Waals surface area contributed by atoms with Crippen molar-refractivity contribution in [1.82, 2.24) is 0 Å². The molecule has 0 aliphatic carbocycles. The van der Waals surface area contributed by atoms with E-state index >= 15 is 0 Å². The van der Waals surface area contributed by atoms with Gasteiger partial charge in [-0.3, -0.25) is 32.5 Å². The van der Waals surface area contributed by atoms with Crippen LogP contribution in [-0.4, -0.2) is 95.9 Å². The molecule has 5 atom stereocenters. The molecule has 0 rings (SSSR count). The van der Waals surface area contributed by atoms with Crippen molar-refractivity contribution in [3.63, 3.8) is 0 Å². The standard InChI is InChI=1S/C75H128O16P2/c1-4-7-10-13-16-19-22-25-27-29-31-32-33-34-35-36-38-40-41-44-46-49-52-55-58-61-73(78)85-64-70(76)65-87-92(81,82)88-66-71(77)67-89-93(83,84)90-69-72(91-75(80)63-60-57-54-51-48-43-24-21-18-15-12-9-6-3)68-86-74(79)62-59-56-53-50-47-45-42-39-37-30-28-26-23-20-17-14-11-8-5-2/h7,10,16-17,19-21,24-28,31-32,34-35,37-40,70-72,76-77H,4-6,8-9,11-15,18,22-23,29-30,33,36,41-69H2,1-3H3,(H,81,82)(H,83,84)/b10-7-,19-16-,20-17-,24-21-,27-25-,28-26-,32-31-,35-34-,39-37-,40-38-. The zero-order chi connectivity index (χ0) is 68.1. The first kappa shape index (κ1) is 89.0. The summed E-state index contributed by atoms with van der Waals surface area (Å²) in [5.41, 5.74) is 0. The summed E-state index contributed by atoms with van der Waals surface area (Å²) in [5.74, 6) is -1.61. The summed E-state index contributed by atoms with van der Waals surface area (Å²) in [4.78, 5) is 58.4. The van der Waals surface area contributed by atoms with E-state index in [1.54, 1.807) is 0 Å². The van der Waals surface area contributed by atoms with Crippen LogP contribution in [-0.2, 0) is 55.8 Å². The average molecular weight is 1350 g/mol. The van der Waals surface area contributed by atoms with E-state index in [1.807, 2.05) is 0 Å². The molecule has 0 saturated heterocycles. The van der Waals surface area contributed by atoms with Crippen molar-refractivity contribution in [3.05, 3.63) is 122 Å². The minimum atomic E-state index is -4.93. The summed E-state index contributed by atoms with van der Waals surface area (Å²) >= 11 is 0. The number of esters is 3. The number of carbonyl (C=O) groups is 3. The molecule has 0 aromatic carbocycles.